The lowest BCUT2D eigenvalue weighted by Crippen LogP contribution is -2.31. The third-order valence-corrected chi connectivity index (χ3v) is 5.18. The Labute approximate surface area is 144 Å². The van der Waals surface area contributed by atoms with Crippen molar-refractivity contribution in [2.75, 3.05) is 12.4 Å². The van der Waals surface area contributed by atoms with E-state index < -0.39 is 17.8 Å². The Morgan fingerprint density at radius 2 is 1.80 bits per heavy atom. The summed E-state index contributed by atoms with van der Waals surface area (Å²) < 4.78 is 46.0. The zero-order valence-corrected chi connectivity index (χ0v) is 13.7. The van der Waals surface area contributed by atoms with Gasteiger partial charge in [-0.2, -0.15) is 13.2 Å². The second-order valence-corrected chi connectivity index (χ2v) is 6.49. The van der Waals surface area contributed by atoms with Crippen molar-refractivity contribution in [1.82, 2.24) is 0 Å². The predicted octanol–water partition coefficient (Wildman–Crippen LogP) is 5.54. The second-order valence-electron chi connectivity index (χ2n) is 6.49. The van der Waals surface area contributed by atoms with Gasteiger partial charge in [-0.15, -0.1) is 0 Å². The van der Waals surface area contributed by atoms with Crippen molar-refractivity contribution in [3.05, 3.63) is 71.3 Å². The highest BCUT2D eigenvalue weighted by Crippen LogP contribution is 2.53. The van der Waals surface area contributed by atoms with Crippen LogP contribution < -0.4 is 10.1 Å². The third kappa shape index (κ3) is 2.58. The van der Waals surface area contributed by atoms with Crippen molar-refractivity contribution in [2.45, 2.75) is 24.6 Å². The monoisotopic (exact) mass is 345 g/mol. The molecule has 0 amide bonds. The summed E-state index contributed by atoms with van der Waals surface area (Å²) in [6.07, 6.45) is 0.549. The average Bonchev–Trinajstić information content (AvgIpc) is 3.09. The van der Waals surface area contributed by atoms with Crippen LogP contribution in [0.2, 0.25) is 0 Å². The molecule has 0 fully saturated rings. The Morgan fingerprint density at radius 3 is 2.56 bits per heavy atom. The fraction of sp³-hybridized carbons (Fsp3) is 0.300. The number of methoxy groups -OCH3 is 1. The third-order valence-electron chi connectivity index (χ3n) is 5.18. The van der Waals surface area contributed by atoms with Gasteiger partial charge in [-0.05, 0) is 35.6 Å². The van der Waals surface area contributed by atoms with E-state index in [0.717, 1.165) is 23.7 Å². The molecular formula is C20H18F3NO. The van der Waals surface area contributed by atoms with Crippen LogP contribution in [0.25, 0.3) is 0 Å². The minimum Gasteiger partial charge on any atom is -0.495 e. The molecule has 1 aliphatic carbocycles. The first-order valence-electron chi connectivity index (χ1n) is 8.27. The lowest BCUT2D eigenvalue weighted by atomic mass is 9.76. The number of alkyl halides is 3. The molecule has 2 nitrogen and oxygen atoms in total. The van der Waals surface area contributed by atoms with Gasteiger partial charge >= 0.3 is 6.18 Å². The van der Waals surface area contributed by atoms with Gasteiger partial charge in [0.1, 0.15) is 5.75 Å². The summed E-state index contributed by atoms with van der Waals surface area (Å²) in [6, 6.07) is 11.2. The Bertz CT molecular complexity index is 828. The van der Waals surface area contributed by atoms with Gasteiger partial charge in [0.25, 0.3) is 0 Å². The molecule has 2 aromatic rings. The number of fused-ring (bicyclic) bond motifs is 3. The van der Waals surface area contributed by atoms with Crippen molar-refractivity contribution in [3.63, 3.8) is 0 Å². The van der Waals surface area contributed by atoms with Crippen molar-refractivity contribution in [2.24, 2.45) is 5.92 Å². The molecular weight excluding hydrogens is 327 g/mol. The molecule has 0 aromatic heterocycles. The van der Waals surface area contributed by atoms with E-state index in [4.69, 9.17) is 4.74 Å². The molecule has 0 unspecified atom stereocenters. The summed E-state index contributed by atoms with van der Waals surface area (Å²) in [5, 5.41) is 3.35. The van der Waals surface area contributed by atoms with Crippen LogP contribution in [0.5, 0.6) is 5.75 Å². The minimum absolute atomic E-state index is 0.0584. The van der Waals surface area contributed by atoms with Crippen LogP contribution in [0.3, 0.4) is 0 Å². The van der Waals surface area contributed by atoms with Crippen LogP contribution >= 0.6 is 0 Å². The highest BCUT2D eigenvalue weighted by Gasteiger charge is 2.43. The van der Waals surface area contributed by atoms with Gasteiger partial charge in [0.15, 0.2) is 0 Å². The van der Waals surface area contributed by atoms with E-state index in [2.05, 4.69) is 17.5 Å². The topological polar surface area (TPSA) is 21.3 Å². The molecule has 2 aliphatic rings. The number of halogens is 3. The fourth-order valence-corrected chi connectivity index (χ4v) is 4.10. The molecule has 1 heterocycles. The molecule has 5 heteroatoms. The number of para-hydroxylation sites is 1. The molecule has 0 saturated carbocycles. The zero-order valence-electron chi connectivity index (χ0n) is 13.7. The lowest BCUT2D eigenvalue weighted by Gasteiger charge is -2.39. The molecule has 0 bridgehead atoms. The van der Waals surface area contributed by atoms with Crippen LogP contribution in [-0.2, 0) is 6.18 Å². The Hall–Kier alpha value is -2.43. The summed E-state index contributed by atoms with van der Waals surface area (Å²) in [5.74, 6) is 0.812. The number of nitrogens with one attached hydrogen (secondary N) is 1. The largest absolute Gasteiger partial charge is 0.495 e. The molecule has 2 aromatic carbocycles. The number of hydrogen-bond acceptors (Lipinski definition) is 2. The van der Waals surface area contributed by atoms with Gasteiger partial charge in [0.2, 0.25) is 0 Å². The SMILES string of the molecule is COc1cccc2c1N[C@H](c1ccccc1C(F)(F)F)[C@H]1CC=C[C@@H]21. The van der Waals surface area contributed by atoms with Gasteiger partial charge in [-0.25, -0.2) is 0 Å². The number of anilines is 1. The highest BCUT2D eigenvalue weighted by molar-refractivity contribution is 5.68. The Morgan fingerprint density at radius 1 is 1.04 bits per heavy atom. The average molecular weight is 345 g/mol. The zero-order chi connectivity index (χ0) is 17.6. The molecule has 25 heavy (non-hydrogen) atoms. The van der Waals surface area contributed by atoms with Crippen LogP contribution in [0.15, 0.2) is 54.6 Å². The van der Waals surface area contributed by atoms with E-state index in [1.807, 2.05) is 18.2 Å². The van der Waals surface area contributed by atoms with Crippen molar-refractivity contribution in [3.8, 4) is 5.75 Å². The normalized spacial score (nSPS) is 24.4. The number of ether oxygens (including phenoxy) is 1. The summed E-state index contributed by atoms with van der Waals surface area (Å²) in [7, 11) is 1.58. The lowest BCUT2D eigenvalue weighted by molar-refractivity contribution is -0.138. The number of benzene rings is 2. The van der Waals surface area contributed by atoms with E-state index in [-0.39, 0.29) is 11.8 Å². The minimum atomic E-state index is -4.37. The molecule has 1 N–H and O–H groups in total. The van der Waals surface area contributed by atoms with E-state index in [1.54, 1.807) is 19.2 Å². The van der Waals surface area contributed by atoms with Gasteiger partial charge in [0.05, 0.1) is 24.4 Å². The van der Waals surface area contributed by atoms with Gasteiger partial charge < -0.3 is 10.1 Å². The van der Waals surface area contributed by atoms with Crippen LogP contribution in [0, 0.1) is 5.92 Å². The number of rotatable bonds is 2. The van der Waals surface area contributed by atoms with Crippen molar-refractivity contribution in [1.29, 1.82) is 0 Å². The van der Waals surface area contributed by atoms with Gasteiger partial charge in [-0.1, -0.05) is 42.5 Å². The molecule has 0 saturated heterocycles. The second kappa shape index (κ2) is 5.83. The summed E-state index contributed by atoms with van der Waals surface area (Å²) >= 11 is 0. The summed E-state index contributed by atoms with van der Waals surface area (Å²) in [5.41, 5.74) is 1.60. The first kappa shape index (κ1) is 16.1. The Kier molecular flexibility index (Phi) is 3.74. The Balaban J connectivity index is 1.85. The van der Waals surface area contributed by atoms with E-state index >= 15 is 0 Å². The van der Waals surface area contributed by atoms with E-state index in [0.29, 0.717) is 11.3 Å². The molecule has 3 atom stereocenters. The van der Waals surface area contributed by atoms with Crippen LogP contribution in [-0.4, -0.2) is 7.11 Å². The number of allylic oxidation sites excluding steroid dienone is 2. The first-order valence-corrected chi connectivity index (χ1v) is 8.27. The molecule has 0 radical (unpaired) electrons. The van der Waals surface area contributed by atoms with E-state index in [1.165, 1.54) is 6.07 Å². The highest BCUT2D eigenvalue weighted by atomic mass is 19.4. The molecule has 130 valence electrons. The standard InChI is InChI=1S/C20H18F3NO/c1-25-17-11-5-9-14-12-7-4-8-13(12)18(24-19(14)17)15-6-2-3-10-16(15)20(21,22)23/h2-7,9-13,18,24H,8H2,1H3/t12-,13+,18+/m1/s1. The first-order chi connectivity index (χ1) is 12.0. The summed E-state index contributed by atoms with van der Waals surface area (Å²) in [4.78, 5) is 0. The maximum atomic E-state index is 13.5. The van der Waals surface area contributed by atoms with Gasteiger partial charge in [0, 0.05) is 5.92 Å². The van der Waals surface area contributed by atoms with Crippen molar-refractivity contribution < 1.29 is 17.9 Å². The molecule has 1 aliphatic heterocycles. The summed E-state index contributed by atoms with van der Waals surface area (Å²) in [6.45, 7) is 0. The van der Waals surface area contributed by atoms with Gasteiger partial charge in [-0.3, -0.25) is 0 Å². The maximum absolute atomic E-state index is 13.5. The van der Waals surface area contributed by atoms with Crippen LogP contribution in [0.1, 0.15) is 35.1 Å². The maximum Gasteiger partial charge on any atom is 0.416 e. The smallest absolute Gasteiger partial charge is 0.416 e. The quantitative estimate of drug-likeness (QED) is 0.722. The fourth-order valence-electron chi connectivity index (χ4n) is 4.10. The van der Waals surface area contributed by atoms with Crippen molar-refractivity contribution >= 4 is 5.69 Å². The number of hydrogen-bond donors (Lipinski definition) is 1. The predicted molar refractivity (Wildman–Crippen MR) is 90.8 cm³/mol. The van der Waals surface area contributed by atoms with Crippen LogP contribution in [0.4, 0.5) is 18.9 Å². The van der Waals surface area contributed by atoms with E-state index in [9.17, 15) is 13.2 Å². The molecule has 0 spiro atoms. The molecule has 4 rings (SSSR count).